The second-order valence-electron chi connectivity index (χ2n) is 4.96. The van der Waals surface area contributed by atoms with Crippen molar-refractivity contribution in [2.24, 2.45) is 5.10 Å². The molecule has 0 fully saturated rings. The number of hydrazone groups is 1. The molecule has 0 bridgehead atoms. The molecule has 1 N–H and O–H groups in total. The molecule has 5 nitrogen and oxygen atoms in total. The number of benzene rings is 2. The third-order valence-corrected chi connectivity index (χ3v) is 4.70. The zero-order valence-corrected chi connectivity index (χ0v) is 15.6. The van der Waals surface area contributed by atoms with Crippen molar-refractivity contribution in [3.05, 3.63) is 63.4 Å². The molecule has 1 heterocycles. The lowest BCUT2D eigenvalue weighted by Gasteiger charge is -2.01. The lowest BCUT2D eigenvalue weighted by molar-refractivity contribution is 0.415. The number of aromatic nitrogens is 1. The molecule has 0 atom stereocenters. The van der Waals surface area contributed by atoms with Gasteiger partial charge in [0.15, 0.2) is 10.7 Å². The van der Waals surface area contributed by atoms with Crippen molar-refractivity contribution in [2.45, 2.75) is 0 Å². The van der Waals surface area contributed by atoms with Crippen molar-refractivity contribution in [1.29, 1.82) is 5.26 Å². The molecular weight excluding hydrogens is 400 g/mol. The van der Waals surface area contributed by atoms with Gasteiger partial charge in [0.1, 0.15) is 11.8 Å². The van der Waals surface area contributed by atoms with Crippen LogP contribution < -0.4 is 10.2 Å². The van der Waals surface area contributed by atoms with E-state index in [2.05, 4.69) is 37.5 Å². The Labute approximate surface area is 157 Å². The van der Waals surface area contributed by atoms with E-state index in [4.69, 9.17) is 4.74 Å². The van der Waals surface area contributed by atoms with E-state index in [1.807, 2.05) is 53.9 Å². The van der Waals surface area contributed by atoms with Gasteiger partial charge in [0.25, 0.3) is 0 Å². The van der Waals surface area contributed by atoms with Gasteiger partial charge in [0, 0.05) is 15.4 Å². The van der Waals surface area contributed by atoms with Crippen LogP contribution in [0.4, 0.5) is 5.69 Å². The molecular formula is C18H13BrN4OS. The predicted molar refractivity (Wildman–Crippen MR) is 104 cm³/mol. The molecule has 0 aliphatic heterocycles. The summed E-state index contributed by atoms with van der Waals surface area (Å²) in [5.41, 5.74) is 5.62. The summed E-state index contributed by atoms with van der Waals surface area (Å²) < 4.78 is 6.21. The van der Waals surface area contributed by atoms with E-state index in [0.29, 0.717) is 5.01 Å². The molecule has 0 unspecified atom stereocenters. The number of anilines is 1. The van der Waals surface area contributed by atoms with Crippen molar-refractivity contribution >= 4 is 38.7 Å². The molecule has 0 amide bonds. The highest BCUT2D eigenvalue weighted by atomic mass is 79.9. The summed E-state index contributed by atoms with van der Waals surface area (Å²) in [6.45, 7) is 0. The molecule has 3 aromatic rings. The van der Waals surface area contributed by atoms with E-state index in [-0.39, 0.29) is 5.71 Å². The maximum absolute atomic E-state index is 9.38. The molecule has 0 saturated carbocycles. The number of nitriles is 1. The van der Waals surface area contributed by atoms with Gasteiger partial charge in [-0.1, -0.05) is 28.1 Å². The minimum atomic E-state index is 0.238. The van der Waals surface area contributed by atoms with Crippen LogP contribution in [0.2, 0.25) is 0 Å². The number of nitrogens with one attached hydrogen (secondary N) is 1. The molecule has 25 heavy (non-hydrogen) atoms. The van der Waals surface area contributed by atoms with Crippen LogP contribution in [0, 0.1) is 11.3 Å². The van der Waals surface area contributed by atoms with Crippen molar-refractivity contribution in [3.8, 4) is 23.1 Å². The van der Waals surface area contributed by atoms with Gasteiger partial charge < -0.3 is 4.74 Å². The van der Waals surface area contributed by atoms with E-state index in [9.17, 15) is 5.26 Å². The van der Waals surface area contributed by atoms with E-state index in [1.54, 1.807) is 7.11 Å². The molecule has 124 valence electrons. The van der Waals surface area contributed by atoms with Crippen molar-refractivity contribution in [1.82, 2.24) is 4.98 Å². The molecule has 0 radical (unpaired) electrons. The Kier molecular flexibility index (Phi) is 5.43. The van der Waals surface area contributed by atoms with Crippen molar-refractivity contribution in [3.63, 3.8) is 0 Å². The van der Waals surface area contributed by atoms with Gasteiger partial charge in [-0.05, 0) is 36.4 Å². The summed E-state index contributed by atoms with van der Waals surface area (Å²) in [4.78, 5) is 4.52. The van der Waals surface area contributed by atoms with Crippen molar-refractivity contribution in [2.75, 3.05) is 12.5 Å². The summed E-state index contributed by atoms with van der Waals surface area (Å²) in [6, 6.07) is 17.3. The molecule has 7 heteroatoms. The number of halogens is 1. The first-order valence-corrected chi connectivity index (χ1v) is 8.96. The monoisotopic (exact) mass is 412 g/mol. The highest BCUT2D eigenvalue weighted by Gasteiger charge is 2.11. The Morgan fingerprint density at radius 2 is 2.08 bits per heavy atom. The minimum Gasteiger partial charge on any atom is -0.497 e. The van der Waals surface area contributed by atoms with Crippen LogP contribution in [-0.4, -0.2) is 17.8 Å². The quantitative estimate of drug-likeness (QED) is 0.476. The maximum Gasteiger partial charge on any atom is 0.196 e. The van der Waals surface area contributed by atoms with Gasteiger partial charge in [0.2, 0.25) is 0 Å². The Morgan fingerprint density at radius 3 is 2.80 bits per heavy atom. The van der Waals surface area contributed by atoms with Crippen LogP contribution in [0.1, 0.15) is 5.01 Å². The first kappa shape index (κ1) is 17.1. The second-order valence-corrected chi connectivity index (χ2v) is 6.73. The van der Waals surface area contributed by atoms with E-state index >= 15 is 0 Å². The highest BCUT2D eigenvalue weighted by Crippen LogP contribution is 2.25. The zero-order chi connectivity index (χ0) is 17.6. The maximum atomic E-state index is 9.38. The Balaban J connectivity index is 1.82. The fourth-order valence-electron chi connectivity index (χ4n) is 2.06. The molecule has 2 aromatic carbocycles. The van der Waals surface area contributed by atoms with Crippen LogP contribution >= 0.6 is 27.3 Å². The number of thiazole rings is 1. The molecule has 1 aromatic heterocycles. The zero-order valence-electron chi connectivity index (χ0n) is 13.2. The fraction of sp³-hybridized carbons (Fsp3) is 0.0556. The Bertz CT molecular complexity index is 944. The summed E-state index contributed by atoms with van der Waals surface area (Å²) in [5, 5.41) is 16.0. The Morgan fingerprint density at radius 1 is 1.28 bits per heavy atom. The number of rotatable bonds is 5. The second kappa shape index (κ2) is 7.92. The van der Waals surface area contributed by atoms with Gasteiger partial charge >= 0.3 is 0 Å². The first-order valence-electron chi connectivity index (χ1n) is 7.29. The van der Waals surface area contributed by atoms with Gasteiger partial charge in [0.05, 0.1) is 18.5 Å². The molecule has 3 rings (SSSR count). The third-order valence-electron chi connectivity index (χ3n) is 3.32. The predicted octanol–water partition coefficient (Wildman–Crippen LogP) is 4.92. The fourth-order valence-corrected chi connectivity index (χ4v) is 3.09. The van der Waals surface area contributed by atoms with Crippen LogP contribution in [-0.2, 0) is 0 Å². The Hall–Kier alpha value is -2.69. The largest absolute Gasteiger partial charge is 0.497 e. The topological polar surface area (TPSA) is 70.3 Å². The highest BCUT2D eigenvalue weighted by molar-refractivity contribution is 9.10. The smallest absolute Gasteiger partial charge is 0.196 e. The lowest BCUT2D eigenvalue weighted by Crippen LogP contribution is -2.01. The normalized spacial score (nSPS) is 11.0. The third kappa shape index (κ3) is 4.24. The van der Waals surface area contributed by atoms with Gasteiger partial charge in [-0.25, -0.2) is 4.98 Å². The van der Waals surface area contributed by atoms with Gasteiger partial charge in [-0.3, -0.25) is 5.43 Å². The minimum absolute atomic E-state index is 0.238. The number of ether oxygens (including phenoxy) is 1. The first-order chi connectivity index (χ1) is 12.2. The standard InChI is InChI=1S/C18H13BrN4OS/c1-24-15-4-2-3-12(9-15)17-11-25-18(21-17)16(10-20)23-22-14-7-5-13(19)6-8-14/h2-9,11,22H,1H3/b23-16+. The average molecular weight is 413 g/mol. The van der Waals surface area contributed by atoms with Crippen LogP contribution in [0.3, 0.4) is 0 Å². The molecule has 0 aliphatic rings. The van der Waals surface area contributed by atoms with Crippen molar-refractivity contribution < 1.29 is 4.74 Å². The SMILES string of the molecule is COc1cccc(-c2csc(/C(C#N)=N/Nc3ccc(Br)cc3)n2)c1. The molecule has 0 aliphatic carbocycles. The number of hydrogen-bond acceptors (Lipinski definition) is 6. The average Bonchev–Trinajstić information content (AvgIpc) is 3.14. The van der Waals surface area contributed by atoms with Crippen LogP contribution in [0.25, 0.3) is 11.3 Å². The van der Waals surface area contributed by atoms with E-state index in [0.717, 1.165) is 27.2 Å². The van der Waals surface area contributed by atoms with Crippen LogP contribution in [0.15, 0.2) is 63.5 Å². The number of nitrogens with zero attached hydrogens (tertiary/aromatic N) is 3. The number of methoxy groups -OCH3 is 1. The van der Waals surface area contributed by atoms with Gasteiger partial charge in [-0.15, -0.1) is 11.3 Å². The van der Waals surface area contributed by atoms with E-state index < -0.39 is 0 Å². The summed E-state index contributed by atoms with van der Waals surface area (Å²) >= 11 is 4.75. The van der Waals surface area contributed by atoms with Crippen LogP contribution in [0.5, 0.6) is 5.75 Å². The lowest BCUT2D eigenvalue weighted by atomic mass is 10.2. The molecule has 0 saturated heterocycles. The van der Waals surface area contributed by atoms with E-state index in [1.165, 1.54) is 11.3 Å². The summed E-state index contributed by atoms with van der Waals surface area (Å²) in [7, 11) is 1.62. The summed E-state index contributed by atoms with van der Waals surface area (Å²) in [5.74, 6) is 0.762. The number of hydrogen-bond donors (Lipinski definition) is 1. The summed E-state index contributed by atoms with van der Waals surface area (Å²) in [6.07, 6.45) is 0. The molecule has 0 spiro atoms. The van der Waals surface area contributed by atoms with Gasteiger partial charge in [-0.2, -0.15) is 10.4 Å².